The Labute approximate surface area is 168 Å². The predicted molar refractivity (Wildman–Crippen MR) is 110 cm³/mol. The number of carboxylic acids is 1. The van der Waals surface area contributed by atoms with Gasteiger partial charge in [0, 0.05) is 42.9 Å². The van der Waals surface area contributed by atoms with Crippen molar-refractivity contribution < 1.29 is 9.90 Å². The summed E-state index contributed by atoms with van der Waals surface area (Å²) in [6.45, 7) is 4.69. The van der Waals surface area contributed by atoms with Gasteiger partial charge in [-0.15, -0.1) is 0 Å². The van der Waals surface area contributed by atoms with Gasteiger partial charge in [0.1, 0.15) is 6.07 Å². The normalized spacial score (nSPS) is 20.9. The van der Waals surface area contributed by atoms with E-state index in [1.165, 1.54) is 5.56 Å². The van der Waals surface area contributed by atoms with Crippen molar-refractivity contribution in [2.24, 2.45) is 0 Å². The van der Waals surface area contributed by atoms with E-state index < -0.39 is 5.97 Å². The number of aromatic carboxylic acids is 1. The molecule has 3 heterocycles. The third-order valence-corrected chi connectivity index (χ3v) is 6.15. The Morgan fingerprint density at radius 1 is 1.24 bits per heavy atom. The number of fused-ring (bicyclic) bond motifs is 4. The molecule has 6 heteroatoms. The van der Waals surface area contributed by atoms with Crippen LogP contribution in [0.3, 0.4) is 0 Å². The van der Waals surface area contributed by atoms with Gasteiger partial charge in [0.2, 0.25) is 0 Å². The molecule has 1 aromatic heterocycles. The summed E-state index contributed by atoms with van der Waals surface area (Å²) in [5, 5.41) is 19.7. The van der Waals surface area contributed by atoms with Gasteiger partial charge in [0.15, 0.2) is 0 Å². The van der Waals surface area contributed by atoms with Crippen molar-refractivity contribution in [3.63, 3.8) is 0 Å². The first-order valence-corrected chi connectivity index (χ1v) is 9.71. The van der Waals surface area contributed by atoms with E-state index in [1.54, 1.807) is 12.3 Å². The number of rotatable bonds is 2. The van der Waals surface area contributed by atoms with Crippen LogP contribution in [0.1, 0.15) is 40.0 Å². The molecular weight excluding hydrogens is 364 g/mol. The minimum absolute atomic E-state index is 0.221. The van der Waals surface area contributed by atoms with E-state index in [1.807, 2.05) is 36.4 Å². The molecule has 0 unspecified atom stereocenters. The topological polar surface area (TPSA) is 80.5 Å². The SMILES string of the molecule is C[C@@H]1CN(c2ccc(C#N)c3ncccc23)C[C@@H]2c3ccc(C(=O)O)cc3CN12. The lowest BCUT2D eigenvalue weighted by molar-refractivity contribution is 0.0696. The zero-order chi connectivity index (χ0) is 20.1. The summed E-state index contributed by atoms with van der Waals surface area (Å²) < 4.78 is 0. The average Bonchev–Trinajstić information content (AvgIpc) is 3.11. The Bertz CT molecular complexity index is 1180. The van der Waals surface area contributed by atoms with Crippen LogP contribution < -0.4 is 4.90 Å². The van der Waals surface area contributed by atoms with Crippen molar-refractivity contribution in [2.75, 3.05) is 18.0 Å². The van der Waals surface area contributed by atoms with Gasteiger partial charge in [-0.25, -0.2) is 4.79 Å². The van der Waals surface area contributed by atoms with Crippen LogP contribution in [-0.2, 0) is 6.54 Å². The number of carboxylic acid groups (broad SMARTS) is 1. The highest BCUT2D eigenvalue weighted by Crippen LogP contribution is 2.41. The molecule has 0 saturated carbocycles. The molecule has 0 bridgehead atoms. The number of carbonyl (C=O) groups is 1. The molecule has 2 aliphatic rings. The number of hydrogen-bond donors (Lipinski definition) is 1. The minimum Gasteiger partial charge on any atom is -0.478 e. The molecule has 5 rings (SSSR count). The minimum atomic E-state index is -0.885. The largest absolute Gasteiger partial charge is 0.478 e. The van der Waals surface area contributed by atoms with Gasteiger partial charge in [0.25, 0.3) is 0 Å². The van der Waals surface area contributed by atoms with E-state index >= 15 is 0 Å². The zero-order valence-corrected chi connectivity index (χ0v) is 16.0. The number of nitriles is 1. The zero-order valence-electron chi connectivity index (χ0n) is 16.0. The van der Waals surface area contributed by atoms with Crippen molar-refractivity contribution in [2.45, 2.75) is 25.6 Å². The highest BCUT2D eigenvalue weighted by molar-refractivity contribution is 5.95. The van der Waals surface area contributed by atoms with E-state index in [2.05, 4.69) is 27.8 Å². The van der Waals surface area contributed by atoms with Gasteiger partial charge in [-0.1, -0.05) is 6.07 Å². The standard InChI is InChI=1S/C23H20N4O2/c1-14-11-26(20-7-5-16(10-24)22-19(20)3-2-8-25-22)13-21-18-6-4-15(23(28)29)9-17(18)12-27(14)21/h2-9,14,21H,11-13H2,1H3,(H,28,29)/t14-,21-/m1/s1. The summed E-state index contributed by atoms with van der Waals surface area (Å²) in [7, 11) is 0. The van der Waals surface area contributed by atoms with Gasteiger partial charge in [-0.3, -0.25) is 9.88 Å². The predicted octanol–water partition coefficient (Wildman–Crippen LogP) is 3.57. The van der Waals surface area contributed by atoms with Crippen LogP contribution in [0.2, 0.25) is 0 Å². The van der Waals surface area contributed by atoms with Crippen molar-refractivity contribution in [1.82, 2.24) is 9.88 Å². The second kappa shape index (κ2) is 6.57. The molecule has 1 saturated heterocycles. The molecule has 2 aliphatic heterocycles. The second-order valence-corrected chi connectivity index (χ2v) is 7.80. The summed E-state index contributed by atoms with van der Waals surface area (Å²) in [5.74, 6) is -0.885. The van der Waals surface area contributed by atoms with Gasteiger partial charge in [-0.05, 0) is 54.4 Å². The smallest absolute Gasteiger partial charge is 0.335 e. The second-order valence-electron chi connectivity index (χ2n) is 7.80. The maximum Gasteiger partial charge on any atom is 0.335 e. The summed E-state index contributed by atoms with van der Waals surface area (Å²) in [4.78, 5) is 20.6. The number of benzene rings is 2. The molecule has 6 nitrogen and oxygen atoms in total. The van der Waals surface area contributed by atoms with E-state index in [9.17, 15) is 15.2 Å². The van der Waals surface area contributed by atoms with E-state index in [0.717, 1.165) is 41.8 Å². The lowest BCUT2D eigenvalue weighted by Crippen LogP contribution is -2.51. The van der Waals surface area contributed by atoms with Crippen molar-refractivity contribution in [1.29, 1.82) is 5.26 Å². The molecular formula is C23H20N4O2. The fraction of sp³-hybridized carbons (Fsp3) is 0.261. The summed E-state index contributed by atoms with van der Waals surface area (Å²) in [5.41, 5.74) is 5.08. The summed E-state index contributed by atoms with van der Waals surface area (Å²) >= 11 is 0. The number of pyridine rings is 1. The van der Waals surface area contributed by atoms with Gasteiger partial charge in [0.05, 0.1) is 22.7 Å². The van der Waals surface area contributed by atoms with Gasteiger partial charge >= 0.3 is 5.97 Å². The van der Waals surface area contributed by atoms with E-state index in [4.69, 9.17) is 0 Å². The Morgan fingerprint density at radius 2 is 2.10 bits per heavy atom. The molecule has 1 N–H and O–H groups in total. The molecule has 0 aliphatic carbocycles. The molecule has 0 spiro atoms. The molecule has 0 radical (unpaired) electrons. The van der Waals surface area contributed by atoms with E-state index in [0.29, 0.717) is 17.2 Å². The first-order valence-electron chi connectivity index (χ1n) is 9.71. The Kier molecular flexibility index (Phi) is 4.00. The fourth-order valence-corrected chi connectivity index (χ4v) is 4.78. The van der Waals surface area contributed by atoms with Crippen LogP contribution in [0, 0.1) is 11.3 Å². The quantitative estimate of drug-likeness (QED) is 0.728. The van der Waals surface area contributed by atoms with Crippen molar-refractivity contribution >= 4 is 22.6 Å². The third kappa shape index (κ3) is 2.74. The monoisotopic (exact) mass is 384 g/mol. The fourth-order valence-electron chi connectivity index (χ4n) is 4.78. The molecule has 29 heavy (non-hydrogen) atoms. The number of aromatic nitrogens is 1. The summed E-state index contributed by atoms with van der Waals surface area (Å²) in [6, 6.07) is 16.1. The van der Waals surface area contributed by atoms with Gasteiger partial charge in [-0.2, -0.15) is 5.26 Å². The first-order chi connectivity index (χ1) is 14.1. The lowest BCUT2D eigenvalue weighted by Gasteiger charge is -2.43. The maximum absolute atomic E-state index is 11.3. The van der Waals surface area contributed by atoms with E-state index in [-0.39, 0.29) is 6.04 Å². The Hall–Kier alpha value is -3.43. The maximum atomic E-state index is 11.3. The molecule has 1 fully saturated rings. The molecule has 0 amide bonds. The third-order valence-electron chi connectivity index (χ3n) is 6.15. The number of nitrogens with zero attached hydrogens (tertiary/aromatic N) is 4. The van der Waals surface area contributed by atoms with Crippen LogP contribution in [0.15, 0.2) is 48.7 Å². The Morgan fingerprint density at radius 3 is 2.90 bits per heavy atom. The van der Waals surface area contributed by atoms with Crippen molar-refractivity contribution in [3.8, 4) is 6.07 Å². The molecule has 2 aromatic carbocycles. The van der Waals surface area contributed by atoms with Crippen LogP contribution >= 0.6 is 0 Å². The van der Waals surface area contributed by atoms with Crippen LogP contribution in [0.25, 0.3) is 10.9 Å². The number of hydrogen-bond acceptors (Lipinski definition) is 5. The lowest BCUT2D eigenvalue weighted by atomic mass is 9.99. The molecule has 2 atom stereocenters. The highest BCUT2D eigenvalue weighted by atomic mass is 16.4. The van der Waals surface area contributed by atoms with Crippen LogP contribution in [0.4, 0.5) is 5.69 Å². The summed E-state index contributed by atoms with van der Waals surface area (Å²) in [6.07, 6.45) is 1.72. The van der Waals surface area contributed by atoms with Crippen molar-refractivity contribution in [3.05, 3.63) is 70.9 Å². The van der Waals surface area contributed by atoms with Gasteiger partial charge < -0.3 is 10.0 Å². The van der Waals surface area contributed by atoms with Crippen LogP contribution in [-0.4, -0.2) is 40.1 Å². The molecule has 3 aromatic rings. The highest BCUT2D eigenvalue weighted by Gasteiger charge is 2.39. The number of anilines is 1. The number of piperazine rings is 1. The first kappa shape index (κ1) is 17.7. The van der Waals surface area contributed by atoms with Crippen LogP contribution in [0.5, 0.6) is 0 Å². The molecule has 144 valence electrons. The Balaban J connectivity index is 1.55. The average molecular weight is 384 g/mol.